The molecule has 0 radical (unpaired) electrons. The van der Waals surface area contributed by atoms with Crippen LogP contribution in [0.4, 0.5) is 9.18 Å². The highest BCUT2D eigenvalue weighted by Gasteiger charge is 2.56. The van der Waals surface area contributed by atoms with E-state index >= 15 is 0 Å². The molecule has 2 heterocycles. The molecule has 0 spiro atoms. The van der Waals surface area contributed by atoms with Crippen LogP contribution in [0.15, 0.2) is 24.3 Å². The Morgan fingerprint density at radius 1 is 1.28 bits per heavy atom. The lowest BCUT2D eigenvalue weighted by molar-refractivity contribution is -0.140. The van der Waals surface area contributed by atoms with E-state index in [1.165, 1.54) is 6.07 Å². The average molecular weight is 403 g/mol. The molecule has 8 heteroatoms. The number of imide groups is 1. The van der Waals surface area contributed by atoms with E-state index < -0.39 is 17.4 Å². The number of urea groups is 1. The number of halogens is 1. The van der Waals surface area contributed by atoms with Crippen LogP contribution >= 0.6 is 0 Å². The molecule has 1 aliphatic carbocycles. The number of para-hydroxylation sites is 1. The van der Waals surface area contributed by atoms with Gasteiger partial charge in [0.05, 0.1) is 6.61 Å². The van der Waals surface area contributed by atoms with Crippen molar-refractivity contribution in [1.82, 2.24) is 15.1 Å². The zero-order valence-corrected chi connectivity index (χ0v) is 16.5. The molecule has 29 heavy (non-hydrogen) atoms. The summed E-state index contributed by atoms with van der Waals surface area (Å²) >= 11 is 0. The van der Waals surface area contributed by atoms with Crippen molar-refractivity contribution < 1.29 is 23.5 Å². The van der Waals surface area contributed by atoms with Gasteiger partial charge in [0, 0.05) is 19.0 Å². The Balaban J connectivity index is 1.32. The lowest BCUT2D eigenvalue weighted by Crippen LogP contribution is -2.49. The van der Waals surface area contributed by atoms with Crippen LogP contribution in [0.25, 0.3) is 0 Å². The molecule has 2 saturated heterocycles. The minimum absolute atomic E-state index is 0.0761. The Hall–Kier alpha value is -2.64. The maximum absolute atomic E-state index is 13.7. The molecule has 1 N–H and O–H groups in total. The fourth-order valence-electron chi connectivity index (χ4n) is 4.23. The quantitative estimate of drug-likeness (QED) is 0.739. The fourth-order valence-corrected chi connectivity index (χ4v) is 4.23. The number of ether oxygens (including phenoxy) is 1. The predicted octanol–water partition coefficient (Wildman–Crippen LogP) is 2.16. The number of carbonyl (C=O) groups is 3. The maximum atomic E-state index is 13.7. The highest BCUT2D eigenvalue weighted by atomic mass is 19.1. The van der Waals surface area contributed by atoms with E-state index in [1.807, 2.05) is 0 Å². The van der Waals surface area contributed by atoms with Gasteiger partial charge in [-0.25, -0.2) is 9.18 Å². The number of piperidine rings is 1. The summed E-state index contributed by atoms with van der Waals surface area (Å²) in [5.41, 5.74) is -0.880. The number of hydrogen-bond acceptors (Lipinski definition) is 4. The van der Waals surface area contributed by atoms with E-state index in [0.717, 1.165) is 30.6 Å². The first kappa shape index (κ1) is 19.7. The van der Waals surface area contributed by atoms with Crippen molar-refractivity contribution in [2.45, 2.75) is 38.1 Å². The zero-order chi connectivity index (χ0) is 20.6. The van der Waals surface area contributed by atoms with Gasteiger partial charge in [-0.1, -0.05) is 12.1 Å². The molecule has 4 amide bonds. The van der Waals surface area contributed by atoms with Crippen molar-refractivity contribution in [3.05, 3.63) is 30.1 Å². The standard InChI is InChI=1S/C21H26FN3O4/c1-21(15-8-9-15)19(27)25(20(28)23-21)12-18(26)24-10-4-5-14(11-24)13-29-17-7-3-2-6-16(17)22/h2-3,6-7,14-15H,4-5,8-13H2,1H3,(H,23,28)/t14-,21+/m0/s1. The van der Waals surface area contributed by atoms with Gasteiger partial charge in [-0.3, -0.25) is 14.5 Å². The monoisotopic (exact) mass is 403 g/mol. The Morgan fingerprint density at radius 2 is 2.03 bits per heavy atom. The van der Waals surface area contributed by atoms with E-state index in [0.29, 0.717) is 19.7 Å². The van der Waals surface area contributed by atoms with E-state index in [9.17, 15) is 18.8 Å². The molecular formula is C21H26FN3O4. The Kier molecular flexibility index (Phi) is 5.19. The number of carbonyl (C=O) groups excluding carboxylic acids is 3. The number of likely N-dealkylation sites (tertiary alicyclic amines) is 1. The van der Waals surface area contributed by atoms with Gasteiger partial charge >= 0.3 is 6.03 Å². The molecule has 2 aliphatic heterocycles. The minimum Gasteiger partial charge on any atom is -0.490 e. The van der Waals surface area contributed by atoms with Crippen molar-refractivity contribution in [2.75, 3.05) is 26.2 Å². The van der Waals surface area contributed by atoms with Crippen LogP contribution in [0.5, 0.6) is 5.75 Å². The zero-order valence-electron chi connectivity index (χ0n) is 16.5. The Bertz CT molecular complexity index is 828. The average Bonchev–Trinajstić information content (AvgIpc) is 3.53. The van der Waals surface area contributed by atoms with Crippen molar-refractivity contribution in [1.29, 1.82) is 0 Å². The number of benzene rings is 1. The summed E-state index contributed by atoms with van der Waals surface area (Å²) in [5.74, 6) is -0.525. The van der Waals surface area contributed by atoms with Gasteiger partial charge in [-0.05, 0) is 50.7 Å². The largest absolute Gasteiger partial charge is 0.490 e. The number of rotatable bonds is 6. The lowest BCUT2D eigenvalue weighted by atomic mass is 9.96. The highest BCUT2D eigenvalue weighted by Crippen LogP contribution is 2.42. The molecule has 1 saturated carbocycles. The van der Waals surface area contributed by atoms with Crippen molar-refractivity contribution in [3.63, 3.8) is 0 Å². The van der Waals surface area contributed by atoms with Crippen molar-refractivity contribution >= 4 is 17.8 Å². The molecule has 3 aliphatic rings. The number of nitrogens with zero attached hydrogens (tertiary/aromatic N) is 2. The summed E-state index contributed by atoms with van der Waals surface area (Å²) < 4.78 is 19.3. The number of hydrogen-bond donors (Lipinski definition) is 1. The van der Waals surface area contributed by atoms with Crippen molar-refractivity contribution in [2.24, 2.45) is 11.8 Å². The first-order chi connectivity index (χ1) is 13.9. The normalized spacial score (nSPS) is 27.2. The SMILES string of the molecule is C[C@]1(C2CC2)NC(=O)N(CC(=O)N2CCC[C@H](COc3ccccc3F)C2)C1=O. The topological polar surface area (TPSA) is 79.0 Å². The maximum Gasteiger partial charge on any atom is 0.325 e. The van der Waals surface area contributed by atoms with Crippen LogP contribution in [0.2, 0.25) is 0 Å². The highest BCUT2D eigenvalue weighted by molar-refractivity contribution is 6.09. The van der Waals surface area contributed by atoms with Crippen LogP contribution in [-0.2, 0) is 9.59 Å². The first-order valence-corrected chi connectivity index (χ1v) is 10.2. The second-order valence-electron chi connectivity index (χ2n) is 8.39. The van der Waals surface area contributed by atoms with E-state index in [-0.39, 0.29) is 35.9 Å². The van der Waals surface area contributed by atoms with Crippen LogP contribution < -0.4 is 10.1 Å². The minimum atomic E-state index is -0.880. The molecule has 3 fully saturated rings. The summed E-state index contributed by atoms with van der Waals surface area (Å²) in [6.07, 6.45) is 3.51. The molecule has 0 aromatic heterocycles. The fraction of sp³-hybridized carbons (Fsp3) is 0.571. The molecule has 7 nitrogen and oxygen atoms in total. The van der Waals surface area contributed by atoms with E-state index in [4.69, 9.17) is 4.74 Å². The third-order valence-electron chi connectivity index (χ3n) is 6.17. The third-order valence-corrected chi connectivity index (χ3v) is 6.17. The summed E-state index contributed by atoms with van der Waals surface area (Å²) in [6, 6.07) is 5.75. The second kappa shape index (κ2) is 7.65. The van der Waals surface area contributed by atoms with Gasteiger partial charge in [0.25, 0.3) is 5.91 Å². The Morgan fingerprint density at radius 3 is 2.76 bits per heavy atom. The van der Waals surface area contributed by atoms with E-state index in [1.54, 1.807) is 30.0 Å². The van der Waals surface area contributed by atoms with Gasteiger partial charge in [0.2, 0.25) is 5.91 Å². The smallest absolute Gasteiger partial charge is 0.325 e. The molecular weight excluding hydrogens is 377 g/mol. The summed E-state index contributed by atoms with van der Waals surface area (Å²) in [4.78, 5) is 40.5. The van der Waals surface area contributed by atoms with Gasteiger partial charge in [0.1, 0.15) is 12.1 Å². The summed E-state index contributed by atoms with van der Waals surface area (Å²) in [7, 11) is 0. The van der Waals surface area contributed by atoms with Crippen LogP contribution in [0, 0.1) is 17.7 Å². The van der Waals surface area contributed by atoms with Gasteiger partial charge in [0.15, 0.2) is 11.6 Å². The Labute approximate surface area is 169 Å². The molecule has 4 rings (SSSR count). The van der Waals surface area contributed by atoms with E-state index in [2.05, 4.69) is 5.32 Å². The number of amides is 4. The van der Waals surface area contributed by atoms with Gasteiger partial charge in [-0.15, -0.1) is 0 Å². The van der Waals surface area contributed by atoms with Crippen LogP contribution in [0.3, 0.4) is 0 Å². The molecule has 2 atom stereocenters. The molecule has 1 aromatic rings. The third kappa shape index (κ3) is 3.93. The predicted molar refractivity (Wildman–Crippen MR) is 103 cm³/mol. The second-order valence-corrected chi connectivity index (χ2v) is 8.39. The van der Waals surface area contributed by atoms with Gasteiger partial charge < -0.3 is 15.0 Å². The first-order valence-electron chi connectivity index (χ1n) is 10.2. The van der Waals surface area contributed by atoms with Gasteiger partial charge in [-0.2, -0.15) is 0 Å². The molecule has 0 unspecified atom stereocenters. The van der Waals surface area contributed by atoms with Crippen molar-refractivity contribution in [3.8, 4) is 5.75 Å². The molecule has 1 aromatic carbocycles. The molecule has 0 bridgehead atoms. The summed E-state index contributed by atoms with van der Waals surface area (Å²) in [6.45, 7) is 2.86. The lowest BCUT2D eigenvalue weighted by Gasteiger charge is -2.33. The van der Waals surface area contributed by atoms with Crippen LogP contribution in [0.1, 0.15) is 32.6 Å². The number of nitrogens with one attached hydrogen (secondary N) is 1. The summed E-state index contributed by atoms with van der Waals surface area (Å²) in [5, 5.41) is 2.76. The van der Waals surface area contributed by atoms with Crippen LogP contribution in [-0.4, -0.2) is 59.4 Å². The molecule has 156 valence electrons.